The summed E-state index contributed by atoms with van der Waals surface area (Å²) in [4.78, 5) is 31.9. The summed E-state index contributed by atoms with van der Waals surface area (Å²) in [5.74, 6) is -0.295. The number of piperidine rings is 1. The topological polar surface area (TPSA) is 93.6 Å². The van der Waals surface area contributed by atoms with Crippen molar-refractivity contribution in [1.82, 2.24) is 9.88 Å². The van der Waals surface area contributed by atoms with Crippen molar-refractivity contribution >= 4 is 50.5 Å². The molecule has 1 aliphatic carbocycles. The van der Waals surface area contributed by atoms with Crippen LogP contribution in [0.4, 0.5) is 0 Å². The number of carbonyl (C=O) groups excluding carboxylic acids is 2. The summed E-state index contributed by atoms with van der Waals surface area (Å²) in [5.41, 5.74) is 1.89. The molecule has 1 saturated heterocycles. The van der Waals surface area contributed by atoms with E-state index in [1.54, 1.807) is 12.3 Å². The average molecular weight is 481 g/mol. The smallest absolute Gasteiger partial charge is 0.357 e. The van der Waals surface area contributed by atoms with Crippen LogP contribution in [-0.4, -0.2) is 56.1 Å². The first-order chi connectivity index (χ1) is 14.8. The van der Waals surface area contributed by atoms with Gasteiger partial charge in [-0.25, -0.2) is 18.2 Å². The number of esters is 1. The highest BCUT2D eigenvalue weighted by molar-refractivity contribution is 7.92. The normalized spacial score (nSPS) is 16.9. The maximum Gasteiger partial charge on any atom is 0.357 e. The highest BCUT2D eigenvalue weighted by Crippen LogP contribution is 2.38. The van der Waals surface area contributed by atoms with Gasteiger partial charge in [-0.2, -0.15) is 0 Å². The second kappa shape index (κ2) is 8.84. The molecule has 0 unspecified atom stereocenters. The van der Waals surface area contributed by atoms with E-state index in [4.69, 9.17) is 4.74 Å². The van der Waals surface area contributed by atoms with Crippen molar-refractivity contribution in [1.29, 1.82) is 0 Å². The maximum absolute atomic E-state index is 13.3. The molecule has 0 atom stereocenters. The van der Waals surface area contributed by atoms with Crippen molar-refractivity contribution in [3.63, 3.8) is 0 Å². The lowest BCUT2D eigenvalue weighted by atomic mass is 9.96. The number of rotatable bonds is 5. The van der Waals surface area contributed by atoms with Crippen LogP contribution < -0.4 is 0 Å². The van der Waals surface area contributed by atoms with Gasteiger partial charge in [-0.1, -0.05) is 12.2 Å². The van der Waals surface area contributed by atoms with E-state index in [1.165, 1.54) is 17.6 Å². The molecular weight excluding hydrogens is 456 g/mol. The number of likely N-dealkylation sites (tertiary alicyclic amines) is 1. The van der Waals surface area contributed by atoms with Crippen LogP contribution >= 0.6 is 22.7 Å². The van der Waals surface area contributed by atoms with Crippen LogP contribution in [0.15, 0.2) is 15.7 Å². The van der Waals surface area contributed by atoms with Gasteiger partial charge in [0.2, 0.25) is 0 Å². The third-order valence-electron chi connectivity index (χ3n) is 5.53. The van der Waals surface area contributed by atoms with E-state index in [1.807, 2.05) is 17.1 Å². The summed E-state index contributed by atoms with van der Waals surface area (Å²) < 4.78 is 29.7. The molecule has 2 aliphatic rings. The standard InChI is InChI=1S/C21H24N2O5S3/c1-3-28-20(25)16-12-29-18(22-16)13-8-10-23(11-9-13)19(24)17-14-6-4-5-7-15(14)21(30-17)31(2,26)27/h5,7,12-13H,3-4,6,8-11H2,1-2H3. The third-order valence-corrected chi connectivity index (χ3v) is 9.62. The Labute approximate surface area is 189 Å². The predicted molar refractivity (Wildman–Crippen MR) is 121 cm³/mol. The van der Waals surface area contributed by atoms with Gasteiger partial charge < -0.3 is 9.64 Å². The van der Waals surface area contributed by atoms with Crippen LogP contribution in [0.3, 0.4) is 0 Å². The summed E-state index contributed by atoms with van der Waals surface area (Å²) >= 11 is 2.55. The Morgan fingerprint density at radius 3 is 2.71 bits per heavy atom. The van der Waals surface area contributed by atoms with Crippen molar-refractivity contribution in [2.24, 2.45) is 0 Å². The van der Waals surface area contributed by atoms with Crippen LogP contribution in [0, 0.1) is 0 Å². The molecule has 4 rings (SSSR count). The number of hydrogen-bond donors (Lipinski definition) is 0. The van der Waals surface area contributed by atoms with Gasteiger partial charge in [-0.05, 0) is 38.2 Å². The molecule has 1 amide bonds. The van der Waals surface area contributed by atoms with E-state index in [0.29, 0.717) is 42.3 Å². The molecule has 1 aliphatic heterocycles. The zero-order valence-corrected chi connectivity index (χ0v) is 19.9. The van der Waals surface area contributed by atoms with Crippen LogP contribution in [0.2, 0.25) is 0 Å². The van der Waals surface area contributed by atoms with Gasteiger partial charge in [0.25, 0.3) is 5.91 Å². The second-order valence-corrected chi connectivity index (χ2v) is 11.8. The van der Waals surface area contributed by atoms with E-state index in [9.17, 15) is 18.0 Å². The summed E-state index contributed by atoms with van der Waals surface area (Å²) in [6.45, 7) is 3.23. The van der Waals surface area contributed by atoms with Crippen LogP contribution in [-0.2, 0) is 21.0 Å². The zero-order valence-electron chi connectivity index (χ0n) is 17.4. The number of amides is 1. The SMILES string of the molecule is CCOC(=O)c1csc(C2CCN(C(=O)c3sc(S(C)(=O)=O)c4c3CCC=C4)CC2)n1. The zero-order chi connectivity index (χ0) is 22.2. The maximum atomic E-state index is 13.3. The summed E-state index contributed by atoms with van der Waals surface area (Å²) in [5, 5.41) is 2.62. The van der Waals surface area contributed by atoms with Gasteiger partial charge in [0.15, 0.2) is 15.5 Å². The molecule has 7 nitrogen and oxygen atoms in total. The van der Waals surface area contributed by atoms with E-state index < -0.39 is 15.8 Å². The molecule has 0 radical (unpaired) electrons. The molecule has 2 aromatic rings. The molecule has 2 aromatic heterocycles. The van der Waals surface area contributed by atoms with Gasteiger partial charge in [0.1, 0.15) is 4.21 Å². The van der Waals surface area contributed by atoms with Crippen LogP contribution in [0.5, 0.6) is 0 Å². The van der Waals surface area contributed by atoms with Crippen LogP contribution in [0.1, 0.15) is 68.4 Å². The average Bonchev–Trinajstić information content (AvgIpc) is 3.39. The number of hydrogen-bond acceptors (Lipinski definition) is 8. The van der Waals surface area contributed by atoms with Crippen molar-refractivity contribution in [2.45, 2.75) is 42.7 Å². The van der Waals surface area contributed by atoms with Crippen molar-refractivity contribution in [3.05, 3.63) is 38.2 Å². The second-order valence-electron chi connectivity index (χ2n) is 7.68. The van der Waals surface area contributed by atoms with Crippen molar-refractivity contribution < 1.29 is 22.7 Å². The minimum Gasteiger partial charge on any atom is -0.461 e. The molecule has 10 heteroatoms. The number of allylic oxidation sites excluding steroid dienone is 1. The molecular formula is C21H24N2O5S3. The van der Waals surface area contributed by atoms with E-state index >= 15 is 0 Å². The van der Waals surface area contributed by atoms with Crippen molar-refractivity contribution in [2.75, 3.05) is 26.0 Å². The Morgan fingerprint density at radius 2 is 2.03 bits per heavy atom. The molecule has 1 fully saturated rings. The minimum absolute atomic E-state index is 0.0868. The molecule has 0 saturated carbocycles. The lowest BCUT2D eigenvalue weighted by Gasteiger charge is -2.31. The Morgan fingerprint density at radius 1 is 1.29 bits per heavy atom. The number of nitrogens with zero attached hydrogens (tertiary/aromatic N) is 2. The molecule has 166 valence electrons. The number of fused-ring (bicyclic) bond motifs is 1. The van der Waals surface area contributed by atoms with E-state index in [0.717, 1.165) is 41.2 Å². The summed E-state index contributed by atoms with van der Waals surface area (Å²) in [6, 6.07) is 0. The van der Waals surface area contributed by atoms with Gasteiger partial charge in [-0.3, -0.25) is 4.79 Å². The fourth-order valence-electron chi connectivity index (χ4n) is 4.00. The van der Waals surface area contributed by atoms with E-state index in [-0.39, 0.29) is 16.0 Å². The quantitative estimate of drug-likeness (QED) is 0.605. The largest absolute Gasteiger partial charge is 0.461 e. The fraction of sp³-hybridized carbons (Fsp3) is 0.476. The summed E-state index contributed by atoms with van der Waals surface area (Å²) in [7, 11) is -3.39. The number of thiazole rings is 1. The fourth-order valence-corrected chi connectivity index (χ4v) is 7.44. The monoisotopic (exact) mass is 480 g/mol. The predicted octanol–water partition coefficient (Wildman–Crippen LogP) is 3.76. The number of carbonyl (C=O) groups is 2. The lowest BCUT2D eigenvalue weighted by molar-refractivity contribution is 0.0520. The number of ether oxygens (including phenoxy) is 1. The Kier molecular flexibility index (Phi) is 6.32. The number of aromatic nitrogens is 1. The first kappa shape index (κ1) is 22.2. The summed E-state index contributed by atoms with van der Waals surface area (Å²) in [6.07, 6.45) is 8.00. The Balaban J connectivity index is 1.48. The minimum atomic E-state index is -3.39. The molecule has 0 spiro atoms. The van der Waals surface area contributed by atoms with Gasteiger partial charge >= 0.3 is 5.97 Å². The first-order valence-electron chi connectivity index (χ1n) is 10.2. The molecule has 0 bridgehead atoms. The van der Waals surface area contributed by atoms with Crippen molar-refractivity contribution in [3.8, 4) is 0 Å². The molecule has 0 N–H and O–H groups in total. The third kappa shape index (κ3) is 4.47. The highest BCUT2D eigenvalue weighted by Gasteiger charge is 2.32. The lowest BCUT2D eigenvalue weighted by Crippen LogP contribution is -2.38. The van der Waals surface area contributed by atoms with Crippen LogP contribution in [0.25, 0.3) is 6.08 Å². The first-order valence-corrected chi connectivity index (χ1v) is 13.8. The van der Waals surface area contributed by atoms with Gasteiger partial charge in [0.05, 0.1) is 16.5 Å². The Bertz CT molecular complexity index is 1140. The molecule has 31 heavy (non-hydrogen) atoms. The number of thiophene rings is 1. The van der Waals surface area contributed by atoms with E-state index in [2.05, 4.69) is 4.98 Å². The molecule has 0 aromatic carbocycles. The molecule has 3 heterocycles. The number of sulfone groups is 1. The van der Waals surface area contributed by atoms with Gasteiger partial charge in [-0.15, -0.1) is 22.7 Å². The highest BCUT2D eigenvalue weighted by atomic mass is 32.2. The van der Waals surface area contributed by atoms with Gasteiger partial charge in [0, 0.05) is 36.2 Å². The Hall–Kier alpha value is -2.04.